The lowest BCUT2D eigenvalue weighted by atomic mass is 9.93. The predicted molar refractivity (Wildman–Crippen MR) is 132 cm³/mol. The van der Waals surface area contributed by atoms with Gasteiger partial charge in [0.1, 0.15) is 5.75 Å². The van der Waals surface area contributed by atoms with Gasteiger partial charge >= 0.3 is 0 Å². The molecule has 5 heteroatoms. The van der Waals surface area contributed by atoms with Crippen LogP contribution in [0.5, 0.6) is 5.75 Å². The predicted octanol–water partition coefficient (Wildman–Crippen LogP) is 4.47. The van der Waals surface area contributed by atoms with Gasteiger partial charge in [-0.25, -0.2) is 4.98 Å². The minimum Gasteiger partial charge on any atom is -0.497 e. The molecule has 4 aromatic rings. The van der Waals surface area contributed by atoms with E-state index in [4.69, 9.17) is 4.74 Å². The first-order valence-electron chi connectivity index (χ1n) is 11.4. The van der Waals surface area contributed by atoms with Crippen molar-refractivity contribution in [1.29, 1.82) is 0 Å². The highest BCUT2D eigenvalue weighted by Gasteiger charge is 2.33. The molecule has 0 radical (unpaired) electrons. The molecule has 1 aliphatic carbocycles. The van der Waals surface area contributed by atoms with Crippen LogP contribution in [0.4, 0.5) is 0 Å². The number of aliphatic hydroxyl groups excluding tert-OH is 1. The van der Waals surface area contributed by atoms with Gasteiger partial charge in [-0.05, 0) is 52.6 Å². The monoisotopic (exact) mass is 451 g/mol. The number of aromatic nitrogens is 1. The summed E-state index contributed by atoms with van der Waals surface area (Å²) in [6.45, 7) is 0. The van der Waals surface area contributed by atoms with Gasteiger partial charge in [-0.1, -0.05) is 60.7 Å². The van der Waals surface area contributed by atoms with Gasteiger partial charge in [0.05, 0.1) is 13.2 Å². The fraction of sp³-hybridized carbons (Fsp3) is 0.207. The van der Waals surface area contributed by atoms with Gasteiger partial charge < -0.3 is 9.84 Å². The number of ketones is 1. The van der Waals surface area contributed by atoms with Crippen LogP contribution in [0.15, 0.2) is 83.8 Å². The Morgan fingerprint density at radius 3 is 2.47 bits per heavy atom. The summed E-state index contributed by atoms with van der Waals surface area (Å²) in [6.07, 6.45) is 2.13. The topological polar surface area (TPSA) is 76.5 Å². The second-order valence-electron chi connectivity index (χ2n) is 8.74. The molecule has 1 N–H and O–H groups in total. The average Bonchev–Trinajstić information content (AvgIpc) is 3.10. The van der Waals surface area contributed by atoms with Crippen molar-refractivity contribution < 1.29 is 14.6 Å². The van der Waals surface area contributed by atoms with Crippen LogP contribution in [0, 0.1) is 0 Å². The van der Waals surface area contributed by atoms with E-state index in [9.17, 15) is 14.7 Å². The van der Waals surface area contributed by atoms with Crippen LogP contribution >= 0.6 is 0 Å². The summed E-state index contributed by atoms with van der Waals surface area (Å²) >= 11 is 0. The molecule has 5 nitrogen and oxygen atoms in total. The van der Waals surface area contributed by atoms with Gasteiger partial charge in [0, 0.05) is 23.9 Å². The maximum atomic E-state index is 13.4. The quantitative estimate of drug-likeness (QED) is 0.438. The number of carbonyl (C=O) groups excluding carboxylic acids is 1. The molecule has 0 spiro atoms. The number of nitrogens with zero attached hydrogens (tertiary/aromatic N) is 1. The fourth-order valence-corrected chi connectivity index (χ4v) is 4.86. The SMILES string of the molecule is COc1ccc(Cc2cnc(C(=O)C[C@H]3c4ccccc4C[C@@H]3O)c(=O)c3ccccc23)cc1. The first kappa shape index (κ1) is 22.0. The first-order valence-corrected chi connectivity index (χ1v) is 11.4. The number of Topliss-reactive ketones (excluding diaryl/α,β-unsaturated/α-hetero) is 1. The van der Waals surface area contributed by atoms with Gasteiger partial charge in [-0.3, -0.25) is 9.59 Å². The van der Waals surface area contributed by atoms with Gasteiger partial charge in [-0.15, -0.1) is 0 Å². The van der Waals surface area contributed by atoms with Gasteiger partial charge in [0.15, 0.2) is 11.5 Å². The standard InChI is InChI=1S/C29H25NO4/c1-34-21-12-10-18(11-13-21)14-20-17-30-28(29(33)24-9-5-4-8-23(20)24)27(32)16-25-22-7-3-2-6-19(22)15-26(25)31/h2-13,17,25-26,31H,14-16H2,1H3/t25-,26-/m0/s1. The maximum absolute atomic E-state index is 13.4. The molecule has 0 unspecified atom stereocenters. The van der Waals surface area contributed by atoms with Crippen molar-refractivity contribution in [1.82, 2.24) is 4.98 Å². The van der Waals surface area contributed by atoms with Gasteiger partial charge in [-0.2, -0.15) is 0 Å². The molecular weight excluding hydrogens is 426 g/mol. The Kier molecular flexibility index (Phi) is 5.95. The van der Waals surface area contributed by atoms with Crippen LogP contribution in [0.3, 0.4) is 0 Å². The lowest BCUT2D eigenvalue weighted by Gasteiger charge is -2.14. The molecule has 1 aromatic heterocycles. The van der Waals surface area contributed by atoms with Crippen LogP contribution in [-0.2, 0) is 12.8 Å². The van der Waals surface area contributed by atoms with E-state index in [0.29, 0.717) is 18.2 Å². The number of aliphatic hydroxyl groups is 1. The van der Waals surface area contributed by atoms with E-state index < -0.39 is 6.10 Å². The Morgan fingerprint density at radius 2 is 1.71 bits per heavy atom. The van der Waals surface area contributed by atoms with E-state index >= 15 is 0 Å². The maximum Gasteiger partial charge on any atom is 0.215 e. The summed E-state index contributed by atoms with van der Waals surface area (Å²) in [4.78, 5) is 31.1. The summed E-state index contributed by atoms with van der Waals surface area (Å²) in [5.74, 6) is 0.0960. The largest absolute Gasteiger partial charge is 0.497 e. The van der Waals surface area contributed by atoms with E-state index in [1.165, 1.54) is 0 Å². The first-order chi connectivity index (χ1) is 16.5. The van der Waals surface area contributed by atoms with Crippen LogP contribution in [0.25, 0.3) is 10.8 Å². The minimum absolute atomic E-state index is 0.0482. The molecule has 0 fully saturated rings. The van der Waals surface area contributed by atoms with Crippen molar-refractivity contribution in [2.75, 3.05) is 7.11 Å². The summed E-state index contributed by atoms with van der Waals surface area (Å²) in [5.41, 5.74) is 3.49. The zero-order valence-electron chi connectivity index (χ0n) is 18.9. The third-order valence-electron chi connectivity index (χ3n) is 6.65. The third kappa shape index (κ3) is 4.11. The Hall–Kier alpha value is -3.83. The number of rotatable bonds is 6. The molecule has 5 rings (SSSR count). The molecule has 170 valence electrons. The Bertz CT molecular complexity index is 1430. The van der Waals surface area contributed by atoms with Crippen LogP contribution < -0.4 is 10.2 Å². The zero-order chi connectivity index (χ0) is 23.7. The normalized spacial score (nSPS) is 16.9. The highest BCUT2D eigenvalue weighted by Crippen LogP contribution is 2.36. The number of ether oxygens (including phenoxy) is 1. The molecule has 2 atom stereocenters. The number of hydrogen-bond acceptors (Lipinski definition) is 5. The van der Waals surface area contributed by atoms with Crippen molar-refractivity contribution in [3.8, 4) is 5.75 Å². The molecule has 1 aliphatic rings. The Labute approximate surface area is 197 Å². The molecule has 0 saturated carbocycles. The number of methoxy groups -OCH3 is 1. The molecule has 0 aliphatic heterocycles. The van der Waals surface area contributed by atoms with Crippen molar-refractivity contribution in [2.24, 2.45) is 0 Å². The van der Waals surface area contributed by atoms with E-state index in [1.54, 1.807) is 25.4 Å². The third-order valence-corrected chi connectivity index (χ3v) is 6.65. The fourth-order valence-electron chi connectivity index (χ4n) is 4.86. The summed E-state index contributed by atoms with van der Waals surface area (Å²) < 4.78 is 5.24. The van der Waals surface area contributed by atoms with Crippen molar-refractivity contribution in [3.05, 3.63) is 117 Å². The second kappa shape index (κ2) is 9.20. The summed E-state index contributed by atoms with van der Waals surface area (Å²) in [5, 5.41) is 11.8. The van der Waals surface area contributed by atoms with Crippen LogP contribution in [-0.4, -0.2) is 29.1 Å². The van der Waals surface area contributed by atoms with Crippen molar-refractivity contribution in [2.45, 2.75) is 31.3 Å². The second-order valence-corrected chi connectivity index (χ2v) is 8.74. The molecule has 0 bridgehead atoms. The molecule has 0 saturated heterocycles. The van der Waals surface area contributed by atoms with Crippen molar-refractivity contribution in [3.63, 3.8) is 0 Å². The molecule has 1 heterocycles. The molecular formula is C29H25NO4. The smallest absolute Gasteiger partial charge is 0.215 e. The number of carbonyl (C=O) groups is 1. The van der Waals surface area contributed by atoms with E-state index in [0.717, 1.165) is 33.4 Å². The van der Waals surface area contributed by atoms with Crippen LogP contribution in [0.1, 0.15) is 45.1 Å². The number of fused-ring (bicyclic) bond motifs is 2. The lowest BCUT2D eigenvalue weighted by molar-refractivity contribution is 0.0915. The number of benzene rings is 3. The lowest BCUT2D eigenvalue weighted by Crippen LogP contribution is -2.21. The molecule has 34 heavy (non-hydrogen) atoms. The molecule has 0 amide bonds. The minimum atomic E-state index is -0.642. The molecule has 3 aromatic carbocycles. The van der Waals surface area contributed by atoms with Crippen molar-refractivity contribution >= 4 is 16.6 Å². The van der Waals surface area contributed by atoms with Crippen LogP contribution in [0.2, 0.25) is 0 Å². The Morgan fingerprint density at radius 1 is 1.00 bits per heavy atom. The van der Waals surface area contributed by atoms with E-state index in [2.05, 4.69) is 4.98 Å². The van der Waals surface area contributed by atoms with E-state index in [1.807, 2.05) is 60.7 Å². The average molecular weight is 452 g/mol. The number of hydrogen-bond donors (Lipinski definition) is 1. The highest BCUT2D eigenvalue weighted by molar-refractivity contribution is 5.98. The van der Waals surface area contributed by atoms with Gasteiger partial charge in [0.25, 0.3) is 0 Å². The summed E-state index contributed by atoms with van der Waals surface area (Å²) in [7, 11) is 1.63. The zero-order valence-corrected chi connectivity index (χ0v) is 18.9. The Balaban J connectivity index is 1.52. The highest BCUT2D eigenvalue weighted by atomic mass is 16.5. The van der Waals surface area contributed by atoms with E-state index in [-0.39, 0.29) is 29.2 Å². The summed E-state index contributed by atoms with van der Waals surface area (Å²) in [6, 6.07) is 22.8. The van der Waals surface area contributed by atoms with Gasteiger partial charge in [0.2, 0.25) is 5.43 Å².